The van der Waals surface area contributed by atoms with E-state index in [0.717, 1.165) is 38.5 Å². The number of imide groups is 1. The third-order valence-corrected chi connectivity index (χ3v) is 6.85. The van der Waals surface area contributed by atoms with Gasteiger partial charge in [-0.2, -0.15) is 0 Å². The van der Waals surface area contributed by atoms with Gasteiger partial charge in [0.15, 0.2) is 6.61 Å². The van der Waals surface area contributed by atoms with Crippen molar-refractivity contribution in [3.05, 3.63) is 29.8 Å². The van der Waals surface area contributed by atoms with Crippen molar-refractivity contribution >= 4 is 27.9 Å². The van der Waals surface area contributed by atoms with Crippen molar-refractivity contribution in [2.45, 2.75) is 62.4 Å². The summed E-state index contributed by atoms with van der Waals surface area (Å²) >= 11 is 0. The second-order valence-electron chi connectivity index (χ2n) is 7.89. The lowest BCUT2D eigenvalue weighted by Crippen LogP contribution is -2.48. The lowest BCUT2D eigenvalue weighted by molar-refractivity contribution is -0.123. The highest BCUT2D eigenvalue weighted by Gasteiger charge is 2.28. The molecule has 3 amide bonds. The van der Waals surface area contributed by atoms with Crippen LogP contribution in [0.15, 0.2) is 29.2 Å². The van der Waals surface area contributed by atoms with Gasteiger partial charge in [0, 0.05) is 12.1 Å². The highest BCUT2D eigenvalue weighted by Crippen LogP contribution is 2.24. The van der Waals surface area contributed by atoms with Gasteiger partial charge in [0.1, 0.15) is 0 Å². The Morgan fingerprint density at radius 3 is 2.33 bits per heavy atom. The zero-order chi connectivity index (χ0) is 21.7. The highest BCUT2D eigenvalue weighted by atomic mass is 32.2. The first kappa shape index (κ1) is 22.2. The molecular formula is C20H27N3O6S. The number of esters is 1. The van der Waals surface area contributed by atoms with Gasteiger partial charge in [0.2, 0.25) is 10.0 Å². The van der Waals surface area contributed by atoms with Gasteiger partial charge in [0.05, 0.1) is 10.5 Å². The van der Waals surface area contributed by atoms with Crippen LogP contribution in [0.3, 0.4) is 0 Å². The minimum Gasteiger partial charge on any atom is -0.452 e. The minimum atomic E-state index is -3.61. The second kappa shape index (κ2) is 9.57. The lowest BCUT2D eigenvalue weighted by Gasteiger charge is -2.29. The van der Waals surface area contributed by atoms with Gasteiger partial charge < -0.3 is 10.1 Å². The number of benzene rings is 1. The van der Waals surface area contributed by atoms with Crippen LogP contribution in [0.4, 0.5) is 4.79 Å². The van der Waals surface area contributed by atoms with Crippen molar-refractivity contribution in [3.8, 4) is 0 Å². The van der Waals surface area contributed by atoms with E-state index in [9.17, 15) is 22.8 Å². The summed E-state index contributed by atoms with van der Waals surface area (Å²) in [5.74, 6) is -1.17. The number of urea groups is 1. The van der Waals surface area contributed by atoms with E-state index in [4.69, 9.17) is 4.74 Å². The number of rotatable bonds is 7. The number of hydrogen-bond donors (Lipinski definition) is 3. The largest absolute Gasteiger partial charge is 0.452 e. The molecule has 1 aromatic rings. The molecule has 3 rings (SSSR count). The van der Waals surface area contributed by atoms with Crippen molar-refractivity contribution in [3.63, 3.8) is 0 Å². The van der Waals surface area contributed by atoms with E-state index in [-0.39, 0.29) is 22.5 Å². The van der Waals surface area contributed by atoms with Gasteiger partial charge in [-0.15, -0.1) is 0 Å². The Hall–Kier alpha value is -2.46. The van der Waals surface area contributed by atoms with Crippen molar-refractivity contribution in [2.75, 3.05) is 6.61 Å². The number of nitrogens with one attached hydrogen (secondary N) is 3. The topological polar surface area (TPSA) is 131 Å². The van der Waals surface area contributed by atoms with Crippen LogP contribution < -0.4 is 15.4 Å². The first-order valence-electron chi connectivity index (χ1n) is 10.1. The molecule has 0 radical (unpaired) electrons. The zero-order valence-corrected chi connectivity index (χ0v) is 17.7. The maximum absolute atomic E-state index is 12.1. The maximum atomic E-state index is 12.1. The Labute approximate surface area is 176 Å². The molecule has 30 heavy (non-hydrogen) atoms. The molecule has 0 heterocycles. The Morgan fingerprint density at radius 2 is 1.70 bits per heavy atom. The molecule has 0 bridgehead atoms. The molecule has 2 aliphatic carbocycles. The van der Waals surface area contributed by atoms with Gasteiger partial charge in [-0.25, -0.2) is 22.7 Å². The number of carbonyl (C=O) groups excluding carboxylic acids is 3. The summed E-state index contributed by atoms with van der Waals surface area (Å²) in [7, 11) is -3.61. The van der Waals surface area contributed by atoms with Crippen LogP contribution in [0.1, 0.15) is 55.8 Å². The number of sulfonamides is 1. The normalized spacial score (nSPS) is 21.5. The standard InChI is InChI=1S/C20H27N3O6S/c1-13-4-2-3-5-17(13)21-20(26)22-18(24)12-29-19(25)14-6-10-16(11-7-14)30(27,28)23-15-8-9-15/h6-7,10-11,13,15,17,23H,2-5,8-9,12H2,1H3,(H2,21,22,24,26). The van der Waals surface area contributed by atoms with E-state index in [1.54, 1.807) is 0 Å². The second-order valence-corrected chi connectivity index (χ2v) is 9.60. The molecule has 164 valence electrons. The van der Waals surface area contributed by atoms with E-state index in [0.29, 0.717) is 5.92 Å². The third-order valence-electron chi connectivity index (χ3n) is 5.31. The SMILES string of the molecule is CC1CCCCC1NC(=O)NC(=O)COC(=O)c1ccc(S(=O)(=O)NC2CC2)cc1. The Morgan fingerprint density at radius 1 is 1.03 bits per heavy atom. The fourth-order valence-electron chi connectivity index (χ4n) is 3.37. The molecule has 2 aliphatic rings. The smallest absolute Gasteiger partial charge is 0.338 e. The first-order chi connectivity index (χ1) is 14.2. The van der Waals surface area contributed by atoms with E-state index in [2.05, 4.69) is 22.3 Å². The van der Waals surface area contributed by atoms with Crippen LogP contribution >= 0.6 is 0 Å². The van der Waals surface area contributed by atoms with Gasteiger partial charge in [0.25, 0.3) is 5.91 Å². The molecule has 10 heteroatoms. The van der Waals surface area contributed by atoms with Crippen molar-refractivity contribution < 1.29 is 27.5 Å². The van der Waals surface area contributed by atoms with Gasteiger partial charge in [-0.05, 0) is 55.9 Å². The summed E-state index contributed by atoms with van der Waals surface area (Å²) in [6.45, 7) is 1.45. The van der Waals surface area contributed by atoms with Gasteiger partial charge in [-0.3, -0.25) is 10.1 Å². The fraction of sp³-hybridized carbons (Fsp3) is 0.550. The highest BCUT2D eigenvalue weighted by molar-refractivity contribution is 7.89. The molecule has 2 fully saturated rings. The van der Waals surface area contributed by atoms with Crippen LogP contribution in [0.25, 0.3) is 0 Å². The van der Waals surface area contributed by atoms with E-state index < -0.39 is 34.5 Å². The van der Waals surface area contributed by atoms with E-state index in [1.165, 1.54) is 24.3 Å². The van der Waals surface area contributed by atoms with E-state index >= 15 is 0 Å². The average molecular weight is 438 g/mol. The fourth-order valence-corrected chi connectivity index (χ4v) is 4.68. The van der Waals surface area contributed by atoms with Gasteiger partial charge in [-0.1, -0.05) is 19.8 Å². The Bertz CT molecular complexity index is 896. The monoisotopic (exact) mass is 437 g/mol. The van der Waals surface area contributed by atoms with E-state index in [1.807, 2.05) is 0 Å². The van der Waals surface area contributed by atoms with Crippen LogP contribution in [-0.4, -0.2) is 45.0 Å². The molecule has 3 N–H and O–H groups in total. The lowest BCUT2D eigenvalue weighted by atomic mass is 9.86. The summed E-state index contributed by atoms with van der Waals surface area (Å²) in [4.78, 5) is 35.9. The maximum Gasteiger partial charge on any atom is 0.338 e. The van der Waals surface area contributed by atoms with Crippen LogP contribution in [0.5, 0.6) is 0 Å². The minimum absolute atomic E-state index is 0.0170. The molecular weight excluding hydrogens is 410 g/mol. The average Bonchev–Trinajstić information content (AvgIpc) is 3.51. The molecule has 0 aliphatic heterocycles. The zero-order valence-electron chi connectivity index (χ0n) is 16.8. The van der Waals surface area contributed by atoms with Crippen molar-refractivity contribution in [2.24, 2.45) is 5.92 Å². The number of carbonyl (C=O) groups is 3. The number of amides is 3. The molecule has 2 saturated carbocycles. The van der Waals surface area contributed by atoms with Gasteiger partial charge >= 0.3 is 12.0 Å². The third kappa shape index (κ3) is 6.27. The molecule has 0 spiro atoms. The first-order valence-corrected chi connectivity index (χ1v) is 11.6. The van der Waals surface area contributed by atoms with Crippen LogP contribution in [0, 0.1) is 5.92 Å². The van der Waals surface area contributed by atoms with Crippen LogP contribution in [-0.2, 0) is 19.6 Å². The summed E-state index contributed by atoms with van der Waals surface area (Å²) in [6, 6.07) is 4.65. The predicted octanol–water partition coefficient (Wildman–Crippen LogP) is 1.69. The van der Waals surface area contributed by atoms with Crippen LogP contribution in [0.2, 0.25) is 0 Å². The number of ether oxygens (including phenoxy) is 1. The van der Waals surface area contributed by atoms with Crippen molar-refractivity contribution in [1.29, 1.82) is 0 Å². The molecule has 2 atom stereocenters. The molecule has 1 aromatic carbocycles. The molecule has 0 saturated heterocycles. The quantitative estimate of drug-likeness (QED) is 0.557. The molecule has 0 aromatic heterocycles. The Balaban J connectivity index is 1.44. The number of hydrogen-bond acceptors (Lipinski definition) is 6. The predicted molar refractivity (Wildman–Crippen MR) is 108 cm³/mol. The summed E-state index contributed by atoms with van der Waals surface area (Å²) < 4.78 is 31.7. The van der Waals surface area contributed by atoms with Crippen molar-refractivity contribution in [1.82, 2.24) is 15.4 Å². The summed E-state index contributed by atoms with van der Waals surface area (Å²) in [5.41, 5.74) is 0.105. The molecule has 2 unspecified atom stereocenters. The summed E-state index contributed by atoms with van der Waals surface area (Å²) in [5, 5.41) is 4.94. The molecule has 9 nitrogen and oxygen atoms in total. The summed E-state index contributed by atoms with van der Waals surface area (Å²) in [6.07, 6.45) is 5.73. The Kier molecular flexibility index (Phi) is 7.09.